The van der Waals surface area contributed by atoms with Crippen molar-refractivity contribution < 1.29 is 0 Å². The van der Waals surface area contributed by atoms with Crippen LogP contribution in [-0.4, -0.2) is 23.7 Å². The molecular weight excluding hydrogens is 166 g/mol. The minimum atomic E-state index is 0.518. The largest absolute Gasteiger partial charge is 0.251 e. The Bertz CT molecular complexity index is 131. The summed E-state index contributed by atoms with van der Waals surface area (Å²) in [5.74, 6) is 0.931. The van der Waals surface area contributed by atoms with Crippen LogP contribution in [0.1, 0.15) is 33.6 Å². The van der Waals surface area contributed by atoms with Gasteiger partial charge in [0.25, 0.3) is 0 Å². The molecule has 1 fully saturated rings. The first-order valence-electron chi connectivity index (χ1n) is 4.83. The van der Waals surface area contributed by atoms with E-state index in [4.69, 9.17) is 0 Å². The highest BCUT2D eigenvalue weighted by molar-refractivity contribution is 7.96. The van der Waals surface area contributed by atoms with Gasteiger partial charge in [0.2, 0.25) is 0 Å². The summed E-state index contributed by atoms with van der Waals surface area (Å²) in [6, 6.07) is 0. The van der Waals surface area contributed by atoms with Gasteiger partial charge in [-0.25, -0.2) is 0 Å². The maximum absolute atomic E-state index is 2.47. The van der Waals surface area contributed by atoms with Gasteiger partial charge in [0.05, 0.1) is 0 Å². The van der Waals surface area contributed by atoms with Gasteiger partial charge in [-0.05, 0) is 30.4 Å². The smallest absolute Gasteiger partial charge is 0.00920 e. The van der Waals surface area contributed by atoms with Crippen LogP contribution in [0.5, 0.6) is 0 Å². The van der Waals surface area contributed by atoms with E-state index in [1.165, 1.54) is 25.9 Å². The summed E-state index contributed by atoms with van der Waals surface area (Å²) >= 11 is 1.89. The minimum absolute atomic E-state index is 0.518. The molecule has 72 valence electrons. The average molecular weight is 187 g/mol. The minimum Gasteiger partial charge on any atom is -0.251 e. The molecule has 0 aliphatic carbocycles. The third kappa shape index (κ3) is 2.67. The third-order valence-electron chi connectivity index (χ3n) is 2.94. The SMILES string of the molecule is CSN1CCC(C(C)(C)C)CC1. The molecule has 0 bridgehead atoms. The fourth-order valence-electron chi connectivity index (χ4n) is 1.90. The Morgan fingerprint density at radius 1 is 1.17 bits per heavy atom. The van der Waals surface area contributed by atoms with Crippen molar-refractivity contribution in [3.63, 3.8) is 0 Å². The number of nitrogens with zero attached hydrogens (tertiary/aromatic N) is 1. The van der Waals surface area contributed by atoms with Crippen molar-refractivity contribution in [2.24, 2.45) is 11.3 Å². The summed E-state index contributed by atoms with van der Waals surface area (Å²) in [6.07, 6.45) is 4.94. The predicted octanol–water partition coefficient (Wildman–Crippen LogP) is 3.02. The average Bonchev–Trinajstić information content (AvgIpc) is 2.03. The number of rotatable bonds is 1. The lowest BCUT2D eigenvalue weighted by Gasteiger charge is -2.37. The van der Waals surface area contributed by atoms with E-state index >= 15 is 0 Å². The van der Waals surface area contributed by atoms with Gasteiger partial charge >= 0.3 is 0 Å². The Labute approximate surface area is 81.0 Å². The van der Waals surface area contributed by atoms with Crippen LogP contribution < -0.4 is 0 Å². The maximum atomic E-state index is 2.47. The summed E-state index contributed by atoms with van der Waals surface area (Å²) in [7, 11) is 0. The van der Waals surface area contributed by atoms with Crippen LogP contribution in [0.3, 0.4) is 0 Å². The zero-order chi connectivity index (χ0) is 9.19. The quantitative estimate of drug-likeness (QED) is 0.581. The van der Waals surface area contributed by atoms with Gasteiger partial charge in [-0.3, -0.25) is 4.31 Å². The van der Waals surface area contributed by atoms with Crippen LogP contribution >= 0.6 is 11.9 Å². The summed E-state index contributed by atoms with van der Waals surface area (Å²) in [4.78, 5) is 0. The number of piperidine rings is 1. The second-order valence-electron chi connectivity index (χ2n) is 4.75. The molecule has 1 saturated heterocycles. The molecule has 0 unspecified atom stereocenters. The van der Waals surface area contributed by atoms with Crippen molar-refractivity contribution in [2.45, 2.75) is 33.6 Å². The number of hydrogen-bond donors (Lipinski definition) is 0. The van der Waals surface area contributed by atoms with Gasteiger partial charge in [0.15, 0.2) is 0 Å². The van der Waals surface area contributed by atoms with Crippen molar-refractivity contribution in [1.82, 2.24) is 4.31 Å². The van der Waals surface area contributed by atoms with E-state index in [1.54, 1.807) is 0 Å². The molecule has 0 aromatic carbocycles. The molecule has 0 amide bonds. The Morgan fingerprint density at radius 3 is 2.00 bits per heavy atom. The summed E-state index contributed by atoms with van der Waals surface area (Å²) < 4.78 is 2.47. The first-order chi connectivity index (χ1) is 5.54. The molecular formula is C10H21NS. The van der Waals surface area contributed by atoms with Crippen LogP contribution in [0.25, 0.3) is 0 Å². The first-order valence-corrected chi connectivity index (χ1v) is 6.01. The highest BCUT2D eigenvalue weighted by Gasteiger charge is 2.28. The molecule has 1 heterocycles. The molecule has 0 aromatic heterocycles. The Balaban J connectivity index is 2.36. The molecule has 1 aliphatic heterocycles. The molecule has 0 saturated carbocycles. The second-order valence-corrected chi connectivity index (χ2v) is 5.63. The van der Waals surface area contributed by atoms with E-state index in [0.717, 1.165) is 5.92 Å². The summed E-state index contributed by atoms with van der Waals surface area (Å²) in [5, 5.41) is 0. The van der Waals surface area contributed by atoms with Gasteiger partial charge in [0, 0.05) is 13.1 Å². The van der Waals surface area contributed by atoms with E-state index in [-0.39, 0.29) is 0 Å². The summed E-state index contributed by atoms with van der Waals surface area (Å²) in [5.41, 5.74) is 0.518. The predicted molar refractivity (Wildman–Crippen MR) is 57.3 cm³/mol. The number of hydrogen-bond acceptors (Lipinski definition) is 2. The van der Waals surface area contributed by atoms with Crippen molar-refractivity contribution in [3.05, 3.63) is 0 Å². The van der Waals surface area contributed by atoms with E-state index < -0.39 is 0 Å². The third-order valence-corrected chi connectivity index (χ3v) is 3.82. The van der Waals surface area contributed by atoms with Crippen molar-refractivity contribution in [1.29, 1.82) is 0 Å². The molecule has 0 aromatic rings. The van der Waals surface area contributed by atoms with Gasteiger partial charge in [-0.15, -0.1) is 0 Å². The van der Waals surface area contributed by atoms with Gasteiger partial charge in [-0.2, -0.15) is 0 Å². The molecule has 0 atom stereocenters. The Kier molecular flexibility index (Phi) is 3.47. The fraction of sp³-hybridized carbons (Fsp3) is 1.00. The maximum Gasteiger partial charge on any atom is 0.00920 e. The second kappa shape index (κ2) is 4.01. The molecule has 0 N–H and O–H groups in total. The van der Waals surface area contributed by atoms with Gasteiger partial charge in [-0.1, -0.05) is 32.7 Å². The Hall–Kier alpha value is 0.310. The topological polar surface area (TPSA) is 3.24 Å². The van der Waals surface area contributed by atoms with Crippen molar-refractivity contribution in [2.75, 3.05) is 19.3 Å². The lowest BCUT2D eigenvalue weighted by Crippen LogP contribution is -2.34. The summed E-state index contributed by atoms with van der Waals surface area (Å²) in [6.45, 7) is 9.66. The normalized spacial score (nSPS) is 23.0. The zero-order valence-corrected chi connectivity index (χ0v) is 9.58. The Morgan fingerprint density at radius 2 is 1.67 bits per heavy atom. The van der Waals surface area contributed by atoms with Crippen molar-refractivity contribution in [3.8, 4) is 0 Å². The molecule has 2 heteroatoms. The molecule has 1 aliphatic rings. The zero-order valence-electron chi connectivity index (χ0n) is 8.76. The standard InChI is InChI=1S/C10H21NS/c1-10(2,3)9-5-7-11(12-4)8-6-9/h9H,5-8H2,1-4H3. The fourth-order valence-corrected chi connectivity index (χ4v) is 2.48. The lowest BCUT2D eigenvalue weighted by molar-refractivity contribution is 0.159. The van der Waals surface area contributed by atoms with Crippen LogP contribution in [0.15, 0.2) is 0 Å². The highest BCUT2D eigenvalue weighted by Crippen LogP contribution is 2.35. The highest BCUT2D eigenvalue weighted by atomic mass is 32.2. The van der Waals surface area contributed by atoms with Crippen LogP contribution in [0, 0.1) is 11.3 Å². The van der Waals surface area contributed by atoms with Crippen LogP contribution in [-0.2, 0) is 0 Å². The first kappa shape index (κ1) is 10.4. The van der Waals surface area contributed by atoms with Gasteiger partial charge in [0.1, 0.15) is 0 Å². The molecule has 0 spiro atoms. The van der Waals surface area contributed by atoms with Gasteiger partial charge < -0.3 is 0 Å². The van der Waals surface area contributed by atoms with Crippen molar-refractivity contribution >= 4 is 11.9 Å². The monoisotopic (exact) mass is 187 g/mol. The van der Waals surface area contributed by atoms with E-state index in [9.17, 15) is 0 Å². The lowest BCUT2D eigenvalue weighted by atomic mass is 9.76. The molecule has 12 heavy (non-hydrogen) atoms. The van der Waals surface area contributed by atoms with E-state index in [1.807, 2.05) is 11.9 Å². The van der Waals surface area contributed by atoms with E-state index in [0.29, 0.717) is 5.41 Å². The molecule has 1 rings (SSSR count). The van der Waals surface area contributed by atoms with E-state index in [2.05, 4.69) is 31.3 Å². The van der Waals surface area contributed by atoms with Crippen LogP contribution in [0.2, 0.25) is 0 Å². The molecule has 0 radical (unpaired) electrons. The van der Waals surface area contributed by atoms with Crippen LogP contribution in [0.4, 0.5) is 0 Å². The molecule has 1 nitrogen and oxygen atoms in total.